The van der Waals surface area contributed by atoms with Gasteiger partial charge in [0.05, 0.1) is 6.54 Å². The zero-order valence-corrected chi connectivity index (χ0v) is 22.3. The third-order valence-corrected chi connectivity index (χ3v) is 6.40. The fourth-order valence-electron chi connectivity index (χ4n) is 4.70. The highest BCUT2D eigenvalue weighted by molar-refractivity contribution is 14.0. The van der Waals surface area contributed by atoms with Gasteiger partial charge in [-0.25, -0.2) is 15.0 Å². The maximum atomic E-state index is 5.04. The number of benzene rings is 1. The number of guanidine groups is 1. The van der Waals surface area contributed by atoms with Gasteiger partial charge in [-0.15, -0.1) is 24.0 Å². The zero-order valence-electron chi connectivity index (χ0n) is 20.0. The smallest absolute Gasteiger partial charge is 0.225 e. The van der Waals surface area contributed by atoms with Crippen molar-refractivity contribution in [1.82, 2.24) is 25.1 Å². The molecular formula is C25H38IN7. The number of aromatic nitrogens is 2. The summed E-state index contributed by atoms with van der Waals surface area (Å²) in [5.74, 6) is 2.62. The van der Waals surface area contributed by atoms with Crippen molar-refractivity contribution in [2.24, 2.45) is 10.9 Å². The van der Waals surface area contributed by atoms with E-state index in [4.69, 9.17) is 4.99 Å². The van der Waals surface area contributed by atoms with E-state index in [1.165, 1.54) is 37.1 Å². The second-order valence-electron chi connectivity index (χ2n) is 8.94. The molecule has 8 heteroatoms. The van der Waals surface area contributed by atoms with Crippen molar-refractivity contribution in [3.63, 3.8) is 0 Å². The van der Waals surface area contributed by atoms with Crippen molar-refractivity contribution in [3.8, 4) is 0 Å². The fraction of sp³-hybridized carbons (Fsp3) is 0.560. The SMILES string of the molecule is CCNC(=NCc1ccccc1CN1CCCC(C)C1)N1CCN(c2ncccn2)CC1.I. The van der Waals surface area contributed by atoms with Crippen molar-refractivity contribution in [2.45, 2.75) is 39.8 Å². The Bertz CT molecular complexity index is 868. The largest absolute Gasteiger partial charge is 0.357 e. The summed E-state index contributed by atoms with van der Waals surface area (Å²) in [6.45, 7) is 13.2. The summed E-state index contributed by atoms with van der Waals surface area (Å²) >= 11 is 0. The molecule has 2 aliphatic heterocycles. The molecule has 180 valence electrons. The lowest BCUT2D eigenvalue weighted by Crippen LogP contribution is -2.53. The van der Waals surface area contributed by atoms with Crippen molar-refractivity contribution >= 4 is 35.9 Å². The first-order valence-electron chi connectivity index (χ1n) is 12.1. The van der Waals surface area contributed by atoms with E-state index in [1.54, 1.807) is 0 Å². The van der Waals surface area contributed by atoms with Crippen LogP contribution in [0.15, 0.2) is 47.7 Å². The number of likely N-dealkylation sites (tertiary alicyclic amines) is 1. The third kappa shape index (κ3) is 7.27. The molecule has 0 bridgehead atoms. The molecule has 1 atom stereocenters. The second-order valence-corrected chi connectivity index (χ2v) is 8.94. The fourth-order valence-corrected chi connectivity index (χ4v) is 4.70. The molecule has 1 unspecified atom stereocenters. The standard InChI is InChI=1S/C25H37N7.HI/c1-3-26-24(31-14-16-32(17-15-31)25-27-11-7-12-28-25)29-18-22-9-4-5-10-23(22)20-30-13-6-8-21(2)19-30;/h4-5,7,9-12,21H,3,6,8,13-20H2,1-2H3,(H,26,29);1H. The Morgan fingerprint density at radius 3 is 2.45 bits per heavy atom. The van der Waals surface area contributed by atoms with Crippen LogP contribution in [0.3, 0.4) is 0 Å². The van der Waals surface area contributed by atoms with Gasteiger partial charge in [0.15, 0.2) is 5.96 Å². The monoisotopic (exact) mass is 563 g/mol. The molecule has 1 aromatic carbocycles. The zero-order chi connectivity index (χ0) is 22.2. The Morgan fingerprint density at radius 2 is 1.76 bits per heavy atom. The van der Waals surface area contributed by atoms with Gasteiger partial charge in [-0.05, 0) is 49.4 Å². The van der Waals surface area contributed by atoms with Crippen LogP contribution >= 0.6 is 24.0 Å². The molecule has 2 aliphatic rings. The number of anilines is 1. The van der Waals surface area contributed by atoms with Gasteiger partial charge in [0, 0.05) is 58.2 Å². The topological polar surface area (TPSA) is 59.9 Å². The van der Waals surface area contributed by atoms with Crippen LogP contribution in [0.1, 0.15) is 37.8 Å². The van der Waals surface area contributed by atoms with Crippen molar-refractivity contribution in [2.75, 3.05) is 50.7 Å². The summed E-state index contributed by atoms with van der Waals surface area (Å²) in [5, 5.41) is 3.50. The molecule has 0 aliphatic carbocycles. The van der Waals surface area contributed by atoms with Gasteiger partial charge in [-0.2, -0.15) is 0 Å². The number of piperidine rings is 1. The van der Waals surface area contributed by atoms with Crippen LogP contribution in [-0.4, -0.2) is 71.5 Å². The van der Waals surface area contributed by atoms with Crippen LogP contribution in [-0.2, 0) is 13.1 Å². The molecule has 7 nitrogen and oxygen atoms in total. The lowest BCUT2D eigenvalue weighted by atomic mass is 9.99. The first kappa shape index (κ1) is 25.7. The Kier molecular flexibility index (Phi) is 10.2. The molecule has 3 heterocycles. The number of nitrogens with zero attached hydrogens (tertiary/aromatic N) is 6. The van der Waals surface area contributed by atoms with Crippen LogP contribution in [0.2, 0.25) is 0 Å². The summed E-state index contributed by atoms with van der Waals surface area (Å²) in [4.78, 5) is 21.0. The average molecular weight is 564 g/mol. The number of rotatable bonds is 6. The third-order valence-electron chi connectivity index (χ3n) is 6.40. The van der Waals surface area contributed by atoms with Gasteiger partial charge in [0.2, 0.25) is 5.95 Å². The quantitative estimate of drug-likeness (QED) is 0.329. The number of hydrogen-bond acceptors (Lipinski definition) is 5. The molecular weight excluding hydrogens is 525 g/mol. The van der Waals surface area contributed by atoms with E-state index < -0.39 is 0 Å². The molecule has 2 saturated heterocycles. The Labute approximate surface area is 215 Å². The van der Waals surface area contributed by atoms with Gasteiger partial charge in [-0.1, -0.05) is 31.2 Å². The van der Waals surface area contributed by atoms with E-state index in [1.807, 2.05) is 18.5 Å². The highest BCUT2D eigenvalue weighted by Crippen LogP contribution is 2.20. The molecule has 2 aromatic rings. The van der Waals surface area contributed by atoms with Crippen LogP contribution in [0.25, 0.3) is 0 Å². The molecule has 2 fully saturated rings. The molecule has 4 rings (SSSR count). The summed E-state index contributed by atoms with van der Waals surface area (Å²) in [6.07, 6.45) is 6.29. The van der Waals surface area contributed by atoms with Gasteiger partial charge < -0.3 is 15.1 Å². The highest BCUT2D eigenvalue weighted by atomic mass is 127. The second kappa shape index (κ2) is 13.1. The van der Waals surface area contributed by atoms with Crippen LogP contribution < -0.4 is 10.2 Å². The van der Waals surface area contributed by atoms with Crippen LogP contribution in [0.5, 0.6) is 0 Å². The lowest BCUT2D eigenvalue weighted by Gasteiger charge is -2.36. The minimum atomic E-state index is 0. The van der Waals surface area contributed by atoms with Gasteiger partial charge in [0.25, 0.3) is 0 Å². The summed E-state index contributed by atoms with van der Waals surface area (Å²) < 4.78 is 0. The number of nitrogens with one attached hydrogen (secondary N) is 1. The number of hydrogen-bond donors (Lipinski definition) is 1. The Morgan fingerprint density at radius 1 is 1.03 bits per heavy atom. The minimum absolute atomic E-state index is 0. The van der Waals surface area contributed by atoms with Crippen molar-refractivity contribution in [3.05, 3.63) is 53.9 Å². The van der Waals surface area contributed by atoms with E-state index in [9.17, 15) is 0 Å². The van der Waals surface area contributed by atoms with E-state index in [0.29, 0.717) is 6.54 Å². The average Bonchev–Trinajstić information content (AvgIpc) is 2.83. The normalized spacial score (nSPS) is 19.8. The van der Waals surface area contributed by atoms with Gasteiger partial charge in [-0.3, -0.25) is 4.90 Å². The van der Waals surface area contributed by atoms with Gasteiger partial charge in [0.1, 0.15) is 0 Å². The van der Waals surface area contributed by atoms with E-state index >= 15 is 0 Å². The van der Waals surface area contributed by atoms with Crippen molar-refractivity contribution in [1.29, 1.82) is 0 Å². The Balaban J connectivity index is 0.00000306. The summed E-state index contributed by atoms with van der Waals surface area (Å²) in [7, 11) is 0. The molecule has 0 spiro atoms. The predicted molar refractivity (Wildman–Crippen MR) is 146 cm³/mol. The number of piperazine rings is 1. The van der Waals surface area contributed by atoms with E-state index in [-0.39, 0.29) is 24.0 Å². The first-order valence-corrected chi connectivity index (χ1v) is 12.1. The molecule has 33 heavy (non-hydrogen) atoms. The van der Waals surface area contributed by atoms with E-state index in [2.05, 4.69) is 68.1 Å². The molecule has 1 aromatic heterocycles. The maximum Gasteiger partial charge on any atom is 0.225 e. The number of aliphatic imine (C=N–C) groups is 1. The molecule has 0 radical (unpaired) electrons. The molecule has 0 saturated carbocycles. The highest BCUT2D eigenvalue weighted by Gasteiger charge is 2.21. The molecule has 0 amide bonds. The predicted octanol–water partition coefficient (Wildman–Crippen LogP) is 3.61. The molecule has 1 N–H and O–H groups in total. The summed E-state index contributed by atoms with van der Waals surface area (Å²) in [5.41, 5.74) is 2.74. The first-order chi connectivity index (χ1) is 15.7. The number of halogens is 1. The van der Waals surface area contributed by atoms with Gasteiger partial charge >= 0.3 is 0 Å². The van der Waals surface area contributed by atoms with E-state index in [0.717, 1.165) is 57.1 Å². The lowest BCUT2D eigenvalue weighted by molar-refractivity contribution is 0.176. The van der Waals surface area contributed by atoms with Crippen LogP contribution in [0.4, 0.5) is 5.95 Å². The minimum Gasteiger partial charge on any atom is -0.357 e. The summed E-state index contributed by atoms with van der Waals surface area (Å²) in [6, 6.07) is 10.7. The Hall–Kier alpha value is -1.94. The van der Waals surface area contributed by atoms with Crippen LogP contribution in [0, 0.1) is 5.92 Å². The maximum absolute atomic E-state index is 5.04. The van der Waals surface area contributed by atoms with Crippen molar-refractivity contribution < 1.29 is 0 Å².